The second-order valence-electron chi connectivity index (χ2n) is 6.80. The van der Waals surface area contributed by atoms with E-state index in [0.717, 1.165) is 5.56 Å². The largest absolute Gasteiger partial charge is 0.322 e. The monoisotopic (exact) mass is 431 g/mol. The molecule has 0 saturated heterocycles. The number of halogens is 1. The maximum absolute atomic E-state index is 13.0. The van der Waals surface area contributed by atoms with Gasteiger partial charge in [0.25, 0.3) is 11.8 Å². The number of nitrogens with one attached hydrogen (secondary N) is 2. The summed E-state index contributed by atoms with van der Waals surface area (Å²) in [4.78, 5) is 29.7. The lowest BCUT2D eigenvalue weighted by Gasteiger charge is -2.12. The number of hydrogen-bond donors (Lipinski definition) is 2. The number of aryl methyl sites for hydroxylation is 1. The van der Waals surface area contributed by atoms with Crippen LogP contribution in [0, 0.1) is 6.92 Å². The Bertz CT molecular complexity index is 1220. The van der Waals surface area contributed by atoms with Crippen molar-refractivity contribution >= 4 is 34.9 Å². The molecule has 4 aromatic rings. The highest BCUT2D eigenvalue weighted by atomic mass is 35.5. The number of aromatic nitrogens is 3. The first-order chi connectivity index (χ1) is 15.0. The smallest absolute Gasteiger partial charge is 0.261 e. The van der Waals surface area contributed by atoms with Gasteiger partial charge in [-0.25, -0.2) is 9.67 Å². The predicted molar refractivity (Wildman–Crippen MR) is 120 cm³/mol. The fourth-order valence-corrected chi connectivity index (χ4v) is 3.04. The maximum atomic E-state index is 13.0. The van der Waals surface area contributed by atoms with Crippen LogP contribution in [0.1, 0.15) is 26.3 Å². The number of para-hydroxylation sites is 1. The normalized spacial score (nSPS) is 10.5. The molecule has 0 radical (unpaired) electrons. The van der Waals surface area contributed by atoms with Gasteiger partial charge in [0, 0.05) is 11.9 Å². The Morgan fingerprint density at radius 2 is 1.61 bits per heavy atom. The summed E-state index contributed by atoms with van der Waals surface area (Å²) >= 11 is 5.81. The van der Waals surface area contributed by atoms with E-state index in [-0.39, 0.29) is 16.5 Å². The first kappa shape index (κ1) is 20.3. The third-order valence-corrected chi connectivity index (χ3v) is 4.77. The third kappa shape index (κ3) is 4.62. The molecule has 0 unspecified atom stereocenters. The van der Waals surface area contributed by atoms with Crippen molar-refractivity contribution in [3.63, 3.8) is 0 Å². The number of carbonyl (C=O) groups excluding carboxylic acids is 2. The molecule has 8 heteroatoms. The van der Waals surface area contributed by atoms with Gasteiger partial charge < -0.3 is 10.6 Å². The van der Waals surface area contributed by atoms with Crippen molar-refractivity contribution < 1.29 is 9.59 Å². The highest BCUT2D eigenvalue weighted by molar-refractivity contribution is 6.29. The van der Waals surface area contributed by atoms with E-state index in [1.165, 1.54) is 23.1 Å². The molecule has 154 valence electrons. The number of anilines is 2. The van der Waals surface area contributed by atoms with E-state index in [2.05, 4.69) is 20.7 Å². The molecule has 0 aliphatic rings. The maximum Gasteiger partial charge on any atom is 0.261 e. The molecule has 0 saturated carbocycles. The van der Waals surface area contributed by atoms with Crippen LogP contribution in [-0.2, 0) is 0 Å². The topological polar surface area (TPSA) is 88.9 Å². The number of amides is 2. The van der Waals surface area contributed by atoms with Crippen LogP contribution >= 0.6 is 11.6 Å². The van der Waals surface area contributed by atoms with Crippen LogP contribution in [0.5, 0.6) is 0 Å². The van der Waals surface area contributed by atoms with Crippen molar-refractivity contribution in [3.8, 4) is 5.69 Å². The van der Waals surface area contributed by atoms with Gasteiger partial charge in [-0.2, -0.15) is 5.10 Å². The number of carbonyl (C=O) groups is 2. The van der Waals surface area contributed by atoms with Gasteiger partial charge in [-0.1, -0.05) is 47.5 Å². The predicted octanol–water partition coefficient (Wildman–Crippen LogP) is 4.73. The molecule has 0 spiro atoms. The van der Waals surface area contributed by atoms with Crippen molar-refractivity contribution in [3.05, 3.63) is 101 Å². The van der Waals surface area contributed by atoms with Crippen LogP contribution < -0.4 is 10.6 Å². The van der Waals surface area contributed by atoms with Gasteiger partial charge in [0.2, 0.25) is 0 Å². The molecule has 2 heterocycles. The summed E-state index contributed by atoms with van der Waals surface area (Å²) in [5.41, 5.74) is 2.94. The Labute approximate surface area is 183 Å². The Balaban J connectivity index is 1.68. The molecule has 0 atom stereocenters. The molecule has 2 N–H and O–H groups in total. The molecule has 2 aromatic heterocycles. The Hall–Kier alpha value is -3.97. The molecule has 2 aromatic carbocycles. The first-order valence-corrected chi connectivity index (χ1v) is 9.83. The van der Waals surface area contributed by atoms with E-state index >= 15 is 0 Å². The van der Waals surface area contributed by atoms with E-state index in [1.54, 1.807) is 6.07 Å². The molecule has 0 fully saturated rings. The average molecular weight is 432 g/mol. The summed E-state index contributed by atoms with van der Waals surface area (Å²) in [6, 6.07) is 19.7. The molecule has 2 amide bonds. The van der Waals surface area contributed by atoms with Gasteiger partial charge in [0.1, 0.15) is 16.5 Å². The van der Waals surface area contributed by atoms with Crippen molar-refractivity contribution in [1.29, 1.82) is 0 Å². The highest BCUT2D eigenvalue weighted by Gasteiger charge is 2.21. The summed E-state index contributed by atoms with van der Waals surface area (Å²) in [7, 11) is 0. The lowest BCUT2D eigenvalue weighted by Crippen LogP contribution is -2.19. The van der Waals surface area contributed by atoms with Gasteiger partial charge in [-0.05, 0) is 43.3 Å². The molecular weight excluding hydrogens is 414 g/mol. The Morgan fingerprint density at radius 1 is 0.871 bits per heavy atom. The van der Waals surface area contributed by atoms with Gasteiger partial charge in [-0.15, -0.1) is 0 Å². The second kappa shape index (κ2) is 8.81. The lowest BCUT2D eigenvalue weighted by atomic mass is 10.2. The van der Waals surface area contributed by atoms with E-state index < -0.39 is 11.8 Å². The highest BCUT2D eigenvalue weighted by Crippen LogP contribution is 2.23. The number of hydrogen-bond acceptors (Lipinski definition) is 4. The standard InChI is InChI=1S/C23H18ClN5O2/c1-15-7-10-17(11-8-15)27-23(31)19-14-26-29(18-5-3-2-4-6-18)21(19)28-22(30)16-9-12-20(24)25-13-16/h2-14H,1H3,(H,27,31)(H,28,30). The van der Waals surface area contributed by atoms with Crippen LogP contribution in [0.15, 0.2) is 79.1 Å². The molecule has 4 rings (SSSR count). The summed E-state index contributed by atoms with van der Waals surface area (Å²) in [6.07, 6.45) is 2.79. The van der Waals surface area contributed by atoms with Crippen LogP contribution in [0.3, 0.4) is 0 Å². The van der Waals surface area contributed by atoms with Crippen LogP contribution in [-0.4, -0.2) is 26.6 Å². The summed E-state index contributed by atoms with van der Waals surface area (Å²) < 4.78 is 1.51. The molecule has 31 heavy (non-hydrogen) atoms. The average Bonchev–Trinajstić information content (AvgIpc) is 3.20. The first-order valence-electron chi connectivity index (χ1n) is 9.45. The van der Waals surface area contributed by atoms with Gasteiger partial charge >= 0.3 is 0 Å². The zero-order chi connectivity index (χ0) is 21.8. The fraction of sp³-hybridized carbons (Fsp3) is 0.0435. The van der Waals surface area contributed by atoms with Crippen molar-refractivity contribution in [2.45, 2.75) is 6.92 Å². The van der Waals surface area contributed by atoms with Crippen LogP contribution in [0.2, 0.25) is 5.15 Å². The van der Waals surface area contributed by atoms with E-state index in [9.17, 15) is 9.59 Å². The van der Waals surface area contributed by atoms with Crippen LogP contribution in [0.4, 0.5) is 11.5 Å². The molecule has 0 aliphatic carbocycles. The minimum atomic E-state index is -0.439. The zero-order valence-corrected chi connectivity index (χ0v) is 17.3. The molecule has 0 bridgehead atoms. The van der Waals surface area contributed by atoms with Crippen molar-refractivity contribution in [1.82, 2.24) is 14.8 Å². The second-order valence-corrected chi connectivity index (χ2v) is 7.19. The number of pyridine rings is 1. The zero-order valence-electron chi connectivity index (χ0n) is 16.5. The van der Waals surface area contributed by atoms with Crippen molar-refractivity contribution in [2.75, 3.05) is 10.6 Å². The Kier molecular flexibility index (Phi) is 5.77. The van der Waals surface area contributed by atoms with Crippen molar-refractivity contribution in [2.24, 2.45) is 0 Å². The number of rotatable bonds is 5. The summed E-state index contributed by atoms with van der Waals surface area (Å²) in [6.45, 7) is 1.97. The lowest BCUT2D eigenvalue weighted by molar-refractivity contribution is 0.102. The quantitative estimate of drug-likeness (QED) is 0.447. The van der Waals surface area contributed by atoms with E-state index in [0.29, 0.717) is 16.9 Å². The van der Waals surface area contributed by atoms with Crippen LogP contribution in [0.25, 0.3) is 5.69 Å². The SMILES string of the molecule is Cc1ccc(NC(=O)c2cnn(-c3ccccc3)c2NC(=O)c2ccc(Cl)nc2)cc1. The Morgan fingerprint density at radius 3 is 2.29 bits per heavy atom. The van der Waals surface area contributed by atoms with Gasteiger partial charge in [0.15, 0.2) is 0 Å². The minimum Gasteiger partial charge on any atom is -0.322 e. The summed E-state index contributed by atoms with van der Waals surface area (Å²) in [5, 5.41) is 10.2. The fourth-order valence-electron chi connectivity index (χ4n) is 2.93. The number of benzene rings is 2. The van der Waals surface area contributed by atoms with E-state index in [4.69, 9.17) is 11.6 Å². The minimum absolute atomic E-state index is 0.222. The number of nitrogens with zero attached hydrogens (tertiary/aromatic N) is 3. The van der Waals surface area contributed by atoms with E-state index in [1.807, 2.05) is 61.5 Å². The third-order valence-electron chi connectivity index (χ3n) is 4.55. The van der Waals surface area contributed by atoms with Gasteiger partial charge in [-0.3, -0.25) is 9.59 Å². The summed E-state index contributed by atoms with van der Waals surface area (Å²) in [5.74, 6) is -0.586. The van der Waals surface area contributed by atoms with Gasteiger partial charge in [0.05, 0.1) is 17.4 Å². The molecule has 7 nitrogen and oxygen atoms in total. The molecular formula is C23H18ClN5O2. The molecule has 0 aliphatic heterocycles.